The van der Waals surface area contributed by atoms with Crippen LogP contribution in [0.1, 0.15) is 53.1 Å². The summed E-state index contributed by atoms with van der Waals surface area (Å²) >= 11 is 0. The van der Waals surface area contributed by atoms with Crippen molar-refractivity contribution in [1.82, 2.24) is 4.90 Å². The van der Waals surface area contributed by atoms with E-state index in [9.17, 15) is 19.6 Å². The number of nitrogens with zero attached hydrogens (tertiary/aromatic N) is 2. The van der Waals surface area contributed by atoms with Gasteiger partial charge in [-0.05, 0) is 60.6 Å². The molecule has 0 spiro atoms. The first-order chi connectivity index (χ1) is 14.1. The van der Waals surface area contributed by atoms with Gasteiger partial charge in [0.25, 0.3) is 5.91 Å². The Hall–Kier alpha value is -2.97. The molecule has 3 atom stereocenters. The van der Waals surface area contributed by atoms with Crippen LogP contribution in [0.2, 0.25) is 0 Å². The van der Waals surface area contributed by atoms with Crippen molar-refractivity contribution in [1.29, 1.82) is 5.26 Å². The summed E-state index contributed by atoms with van der Waals surface area (Å²) in [6.07, 6.45) is 6.92. The van der Waals surface area contributed by atoms with Crippen LogP contribution in [0.3, 0.4) is 0 Å². The molecule has 1 N–H and O–H groups in total. The van der Waals surface area contributed by atoms with Gasteiger partial charge < -0.3 is 10.0 Å². The highest BCUT2D eigenvalue weighted by Crippen LogP contribution is 2.41. The minimum atomic E-state index is -0.692. The summed E-state index contributed by atoms with van der Waals surface area (Å²) in [6, 6.07) is 14.5. The molecule has 0 unspecified atom stereocenters. The molecule has 0 aromatic heterocycles. The van der Waals surface area contributed by atoms with Crippen molar-refractivity contribution in [3.63, 3.8) is 0 Å². The van der Waals surface area contributed by atoms with E-state index < -0.39 is 23.8 Å². The summed E-state index contributed by atoms with van der Waals surface area (Å²) in [5.74, 6) is -1.21. The number of aliphatic hydroxyl groups excluding tert-OH is 1. The second-order valence-corrected chi connectivity index (χ2v) is 7.67. The van der Waals surface area contributed by atoms with Crippen LogP contribution in [0, 0.1) is 17.1 Å². The highest BCUT2D eigenvalue weighted by atomic mass is 19.1. The first-order valence-corrected chi connectivity index (χ1v) is 10.0. The lowest BCUT2D eigenvalue weighted by atomic mass is 9.75. The van der Waals surface area contributed by atoms with Gasteiger partial charge in [-0.3, -0.25) is 4.79 Å². The fourth-order valence-electron chi connectivity index (χ4n) is 4.48. The summed E-state index contributed by atoms with van der Waals surface area (Å²) in [5, 5.41) is 19.6. The van der Waals surface area contributed by atoms with Gasteiger partial charge in [-0.1, -0.05) is 36.4 Å². The van der Waals surface area contributed by atoms with E-state index >= 15 is 0 Å². The largest absolute Gasteiger partial charge is 0.394 e. The third-order valence-corrected chi connectivity index (χ3v) is 5.99. The molecule has 4 rings (SSSR count). The number of likely N-dealkylation sites (tertiary alicyclic amines) is 1. The van der Waals surface area contributed by atoms with Gasteiger partial charge in [-0.2, -0.15) is 5.26 Å². The first-order valence-electron chi connectivity index (χ1n) is 10.0. The molecule has 0 radical (unpaired) electrons. The van der Waals surface area contributed by atoms with Crippen molar-refractivity contribution in [2.45, 2.75) is 43.7 Å². The van der Waals surface area contributed by atoms with Crippen molar-refractivity contribution >= 4 is 11.5 Å². The lowest BCUT2D eigenvalue weighted by Gasteiger charge is -2.51. The topological polar surface area (TPSA) is 64.3 Å². The fraction of sp³-hybridized carbons (Fsp3) is 0.333. The monoisotopic (exact) mass is 390 g/mol. The molecule has 1 heterocycles. The number of carbonyl (C=O) groups excluding carboxylic acids is 1. The lowest BCUT2D eigenvalue weighted by molar-refractivity contribution is -0.00588. The molecule has 0 bridgehead atoms. The highest BCUT2D eigenvalue weighted by molar-refractivity contribution is 5.95. The molecule has 1 aliphatic heterocycles. The van der Waals surface area contributed by atoms with E-state index in [4.69, 9.17) is 0 Å². The highest BCUT2D eigenvalue weighted by Gasteiger charge is 2.51. The van der Waals surface area contributed by atoms with Crippen LogP contribution >= 0.6 is 0 Å². The van der Waals surface area contributed by atoms with E-state index in [1.165, 1.54) is 47.1 Å². The molecular formula is C24H23FN2O2. The van der Waals surface area contributed by atoms with E-state index in [2.05, 4.69) is 24.3 Å². The summed E-state index contributed by atoms with van der Waals surface area (Å²) in [4.78, 5) is 14.2. The molecule has 1 amide bonds. The van der Waals surface area contributed by atoms with Gasteiger partial charge in [-0.25, -0.2) is 4.39 Å². The van der Waals surface area contributed by atoms with E-state index in [1.807, 2.05) is 12.1 Å². The zero-order valence-corrected chi connectivity index (χ0v) is 16.1. The number of allylic oxidation sites excluding steroid dienone is 2. The number of rotatable bonds is 4. The predicted octanol–water partition coefficient (Wildman–Crippen LogP) is 4.28. The maximum absolute atomic E-state index is 13.5. The van der Waals surface area contributed by atoms with E-state index in [0.29, 0.717) is 0 Å². The molecule has 1 saturated heterocycles. The Morgan fingerprint density at radius 1 is 1.21 bits per heavy atom. The number of aliphatic hydroxyl groups is 1. The maximum Gasteiger partial charge on any atom is 0.255 e. The van der Waals surface area contributed by atoms with Gasteiger partial charge in [0, 0.05) is 11.5 Å². The number of halogens is 1. The summed E-state index contributed by atoms with van der Waals surface area (Å²) < 4.78 is 13.5. The van der Waals surface area contributed by atoms with E-state index in [1.54, 1.807) is 0 Å². The maximum atomic E-state index is 13.5. The minimum Gasteiger partial charge on any atom is -0.394 e. The standard InChI is InChI=1S/C24H23FN2O2/c25-20-8-4-7-19(13-20)24(29)27-21(14-26)23(22(27)15-28)18-11-9-17(10-12-18)16-5-2-1-3-6-16/h4-5,7-13,21-23,28H,1-3,6,15H2/t21-,22-,23-/m1/s1. The second-order valence-electron chi connectivity index (χ2n) is 7.67. The van der Waals surface area contributed by atoms with Crippen LogP contribution < -0.4 is 0 Å². The molecule has 2 aromatic carbocycles. The van der Waals surface area contributed by atoms with Gasteiger partial charge in [0.15, 0.2) is 0 Å². The Labute approximate surface area is 169 Å². The summed E-state index contributed by atoms with van der Waals surface area (Å²) in [5.41, 5.74) is 3.66. The Morgan fingerprint density at radius 2 is 2.00 bits per heavy atom. The fourth-order valence-corrected chi connectivity index (χ4v) is 4.48. The van der Waals surface area contributed by atoms with Crippen molar-refractivity contribution in [2.75, 3.05) is 6.61 Å². The molecule has 4 nitrogen and oxygen atoms in total. The number of benzene rings is 2. The second kappa shape index (κ2) is 8.18. The molecule has 29 heavy (non-hydrogen) atoms. The molecule has 1 aliphatic carbocycles. The van der Waals surface area contributed by atoms with Gasteiger partial charge in [-0.15, -0.1) is 0 Å². The first kappa shape index (κ1) is 19.4. The third-order valence-electron chi connectivity index (χ3n) is 5.99. The average molecular weight is 390 g/mol. The third kappa shape index (κ3) is 3.56. The molecule has 2 aliphatic rings. The van der Waals surface area contributed by atoms with Crippen molar-refractivity contribution in [3.05, 3.63) is 77.1 Å². The Morgan fingerprint density at radius 3 is 2.62 bits per heavy atom. The van der Waals surface area contributed by atoms with Crippen LogP contribution in [0.25, 0.3) is 5.57 Å². The van der Waals surface area contributed by atoms with E-state index in [-0.39, 0.29) is 18.1 Å². The smallest absolute Gasteiger partial charge is 0.255 e. The predicted molar refractivity (Wildman–Crippen MR) is 108 cm³/mol. The normalized spacial score (nSPS) is 23.7. The Bertz CT molecular complexity index is 977. The average Bonchev–Trinajstić information content (AvgIpc) is 2.74. The molecule has 1 fully saturated rings. The molecule has 2 aromatic rings. The van der Waals surface area contributed by atoms with Gasteiger partial charge >= 0.3 is 0 Å². The van der Waals surface area contributed by atoms with Crippen LogP contribution in [0.5, 0.6) is 0 Å². The van der Waals surface area contributed by atoms with Crippen LogP contribution in [-0.4, -0.2) is 34.6 Å². The van der Waals surface area contributed by atoms with Crippen molar-refractivity contribution < 1.29 is 14.3 Å². The SMILES string of the molecule is N#C[C@@H]1[C@@H](c2ccc(C3=CCCCC3)cc2)[C@@H](CO)N1C(=O)c1cccc(F)c1. The molecule has 5 heteroatoms. The number of carbonyl (C=O) groups is 1. The zero-order valence-electron chi connectivity index (χ0n) is 16.1. The minimum absolute atomic E-state index is 0.182. The van der Waals surface area contributed by atoms with Gasteiger partial charge in [0.2, 0.25) is 0 Å². The zero-order chi connectivity index (χ0) is 20.4. The Kier molecular flexibility index (Phi) is 5.46. The van der Waals surface area contributed by atoms with Gasteiger partial charge in [0.05, 0.1) is 18.7 Å². The number of amides is 1. The van der Waals surface area contributed by atoms with E-state index in [0.717, 1.165) is 24.5 Å². The molecule has 0 saturated carbocycles. The number of hydrogen-bond donors (Lipinski definition) is 1. The quantitative estimate of drug-likeness (QED) is 0.848. The molecular weight excluding hydrogens is 367 g/mol. The number of nitriles is 1. The summed E-state index contributed by atoms with van der Waals surface area (Å²) in [7, 11) is 0. The van der Waals surface area contributed by atoms with Gasteiger partial charge in [0.1, 0.15) is 11.9 Å². The summed E-state index contributed by atoms with van der Waals surface area (Å²) in [6.45, 7) is -0.253. The molecule has 148 valence electrons. The van der Waals surface area contributed by atoms with Crippen LogP contribution in [0.15, 0.2) is 54.6 Å². The number of hydrogen-bond acceptors (Lipinski definition) is 3. The van der Waals surface area contributed by atoms with Crippen LogP contribution in [-0.2, 0) is 0 Å². The van der Waals surface area contributed by atoms with Crippen molar-refractivity contribution in [3.8, 4) is 6.07 Å². The van der Waals surface area contributed by atoms with Crippen LogP contribution in [0.4, 0.5) is 4.39 Å². The van der Waals surface area contributed by atoms with Crippen molar-refractivity contribution in [2.24, 2.45) is 0 Å². The lowest BCUT2D eigenvalue weighted by Crippen LogP contribution is -2.65. The Balaban J connectivity index is 1.57.